The number of nitrogens with zero attached hydrogens (tertiary/aromatic N) is 3. The largest absolute Gasteiger partial charge is 0.447 e. The van der Waals surface area contributed by atoms with E-state index in [2.05, 4.69) is 15.4 Å². The molecule has 2 saturated carbocycles. The molecule has 1 atom stereocenters. The topological polar surface area (TPSA) is 93.2 Å². The van der Waals surface area contributed by atoms with Crippen molar-refractivity contribution in [3.8, 4) is 0 Å². The molecule has 2 heterocycles. The van der Waals surface area contributed by atoms with E-state index in [1.165, 1.54) is 6.39 Å². The third-order valence-electron chi connectivity index (χ3n) is 4.75. The highest BCUT2D eigenvalue weighted by atomic mass is 16.3. The molecule has 0 aliphatic heterocycles. The quantitative estimate of drug-likeness (QED) is 0.872. The molecule has 7 nitrogen and oxygen atoms in total. The molecule has 7 heteroatoms. The minimum atomic E-state index is -0.273. The van der Waals surface area contributed by atoms with E-state index in [0.717, 1.165) is 18.4 Å². The lowest BCUT2D eigenvalue weighted by Crippen LogP contribution is -2.41. The molecule has 2 aliphatic carbocycles. The van der Waals surface area contributed by atoms with E-state index in [4.69, 9.17) is 4.42 Å². The standard InChI is InChI=1S/C16H20N4O3/c1-20-7-11(6-18-20)13(10-4-12(21)5-10)19-16(22)14-15(9-2-3-9)23-8-17-14/h6-10,12-13,21H,2-5H2,1H3,(H,19,22)/t10?,12?,13-/m0/s1. The van der Waals surface area contributed by atoms with Crippen LogP contribution in [0, 0.1) is 5.92 Å². The lowest BCUT2D eigenvalue weighted by molar-refractivity contribution is 0.0234. The van der Waals surface area contributed by atoms with Crippen molar-refractivity contribution in [2.45, 2.75) is 43.7 Å². The molecule has 0 bridgehead atoms. The fraction of sp³-hybridized carbons (Fsp3) is 0.562. The molecule has 2 aromatic heterocycles. The van der Waals surface area contributed by atoms with Gasteiger partial charge in [-0.2, -0.15) is 5.10 Å². The number of aromatic nitrogens is 3. The predicted octanol–water partition coefficient (Wildman–Crippen LogP) is 1.53. The first-order valence-corrected chi connectivity index (χ1v) is 8.02. The maximum atomic E-state index is 12.7. The highest BCUT2D eigenvalue weighted by molar-refractivity contribution is 5.93. The first-order chi connectivity index (χ1) is 11.1. The Morgan fingerprint density at radius 2 is 2.26 bits per heavy atom. The Bertz CT molecular complexity index is 712. The minimum absolute atomic E-state index is 0.164. The molecular weight excluding hydrogens is 296 g/mol. The SMILES string of the molecule is Cn1cc([C@@H](NC(=O)c2ncoc2C2CC2)C2CC(O)C2)cn1. The van der Waals surface area contributed by atoms with Gasteiger partial charge in [0, 0.05) is 24.7 Å². The van der Waals surface area contributed by atoms with Crippen LogP contribution in [0.3, 0.4) is 0 Å². The second-order valence-electron chi connectivity index (χ2n) is 6.62. The zero-order valence-corrected chi connectivity index (χ0v) is 13.0. The number of amides is 1. The summed E-state index contributed by atoms with van der Waals surface area (Å²) < 4.78 is 7.11. The summed E-state index contributed by atoms with van der Waals surface area (Å²) in [5, 5.41) is 16.9. The van der Waals surface area contributed by atoms with Crippen LogP contribution >= 0.6 is 0 Å². The van der Waals surface area contributed by atoms with Crippen molar-refractivity contribution < 1.29 is 14.3 Å². The number of hydrogen-bond acceptors (Lipinski definition) is 5. The van der Waals surface area contributed by atoms with Crippen LogP contribution in [0.2, 0.25) is 0 Å². The van der Waals surface area contributed by atoms with Crippen LogP contribution in [-0.2, 0) is 7.05 Å². The zero-order chi connectivity index (χ0) is 16.0. The van der Waals surface area contributed by atoms with Gasteiger partial charge in [-0.1, -0.05) is 0 Å². The van der Waals surface area contributed by atoms with Crippen molar-refractivity contribution in [2.24, 2.45) is 13.0 Å². The summed E-state index contributed by atoms with van der Waals surface area (Å²) >= 11 is 0. The van der Waals surface area contributed by atoms with Gasteiger partial charge in [0.05, 0.1) is 18.3 Å². The van der Waals surface area contributed by atoms with Crippen molar-refractivity contribution in [3.05, 3.63) is 35.8 Å². The molecular formula is C16H20N4O3. The molecule has 0 saturated heterocycles. The minimum Gasteiger partial charge on any atom is -0.447 e. The molecule has 2 aliphatic rings. The highest BCUT2D eigenvalue weighted by Crippen LogP contribution is 2.42. The molecule has 0 radical (unpaired) electrons. The third kappa shape index (κ3) is 2.76. The Kier molecular flexibility index (Phi) is 3.45. The van der Waals surface area contributed by atoms with Crippen molar-refractivity contribution in [1.82, 2.24) is 20.1 Å². The van der Waals surface area contributed by atoms with Crippen LogP contribution in [-0.4, -0.2) is 31.9 Å². The molecule has 0 spiro atoms. The summed E-state index contributed by atoms with van der Waals surface area (Å²) in [5.41, 5.74) is 1.34. The van der Waals surface area contributed by atoms with Gasteiger partial charge in [-0.3, -0.25) is 9.48 Å². The van der Waals surface area contributed by atoms with Crippen molar-refractivity contribution in [3.63, 3.8) is 0 Å². The Labute approximate surface area is 133 Å². The van der Waals surface area contributed by atoms with Gasteiger partial charge >= 0.3 is 0 Å². The van der Waals surface area contributed by atoms with E-state index in [9.17, 15) is 9.90 Å². The fourth-order valence-corrected chi connectivity index (χ4v) is 3.25. The summed E-state index contributed by atoms with van der Waals surface area (Å²) in [6, 6.07) is -0.164. The number of aliphatic hydroxyl groups is 1. The Balaban J connectivity index is 1.54. The van der Waals surface area contributed by atoms with Crippen molar-refractivity contribution >= 4 is 5.91 Å². The van der Waals surface area contributed by atoms with Crippen LogP contribution in [0.4, 0.5) is 0 Å². The van der Waals surface area contributed by atoms with Crippen molar-refractivity contribution in [2.75, 3.05) is 0 Å². The monoisotopic (exact) mass is 316 g/mol. The van der Waals surface area contributed by atoms with Gasteiger partial charge in [0.15, 0.2) is 12.1 Å². The van der Waals surface area contributed by atoms with E-state index in [1.54, 1.807) is 10.9 Å². The summed E-state index contributed by atoms with van der Waals surface area (Å²) in [7, 11) is 1.85. The van der Waals surface area contributed by atoms with Gasteiger partial charge in [-0.25, -0.2) is 4.98 Å². The van der Waals surface area contributed by atoms with E-state index in [-0.39, 0.29) is 24.0 Å². The molecule has 23 heavy (non-hydrogen) atoms. The van der Waals surface area contributed by atoms with Gasteiger partial charge in [0.25, 0.3) is 5.91 Å². The molecule has 0 aromatic carbocycles. The number of aryl methyl sites for hydroxylation is 1. The van der Waals surface area contributed by atoms with E-state index >= 15 is 0 Å². The number of hydrogen-bond donors (Lipinski definition) is 2. The van der Waals surface area contributed by atoms with Crippen molar-refractivity contribution in [1.29, 1.82) is 0 Å². The average molecular weight is 316 g/mol. The van der Waals surface area contributed by atoms with Gasteiger partial charge in [0.1, 0.15) is 5.76 Å². The maximum absolute atomic E-state index is 12.7. The second kappa shape index (κ2) is 5.49. The maximum Gasteiger partial charge on any atom is 0.274 e. The number of carbonyl (C=O) groups excluding carboxylic acids is 1. The van der Waals surface area contributed by atoms with Crippen LogP contribution in [0.15, 0.2) is 23.2 Å². The second-order valence-corrected chi connectivity index (χ2v) is 6.62. The normalized spacial score (nSPS) is 25.0. The highest BCUT2D eigenvalue weighted by Gasteiger charge is 2.38. The van der Waals surface area contributed by atoms with Crippen LogP contribution in [0.5, 0.6) is 0 Å². The van der Waals surface area contributed by atoms with Gasteiger partial charge < -0.3 is 14.8 Å². The van der Waals surface area contributed by atoms with Crippen LogP contribution in [0.1, 0.15) is 59.5 Å². The number of carbonyl (C=O) groups is 1. The molecule has 2 fully saturated rings. The fourth-order valence-electron chi connectivity index (χ4n) is 3.25. The molecule has 4 rings (SSSR count). The Morgan fingerprint density at radius 3 is 2.87 bits per heavy atom. The van der Waals surface area contributed by atoms with Gasteiger partial charge in [-0.15, -0.1) is 0 Å². The summed E-state index contributed by atoms with van der Waals surface area (Å²) in [4.78, 5) is 16.8. The van der Waals surface area contributed by atoms with Crippen LogP contribution in [0.25, 0.3) is 0 Å². The number of rotatable bonds is 5. The number of oxazole rings is 1. The summed E-state index contributed by atoms with van der Waals surface area (Å²) in [6.45, 7) is 0. The Morgan fingerprint density at radius 1 is 1.48 bits per heavy atom. The van der Waals surface area contributed by atoms with Gasteiger partial charge in [-0.05, 0) is 31.6 Å². The summed E-state index contributed by atoms with van der Waals surface area (Å²) in [6.07, 6.45) is 8.22. The first-order valence-electron chi connectivity index (χ1n) is 8.02. The molecule has 122 valence electrons. The lowest BCUT2D eigenvalue weighted by atomic mass is 9.75. The zero-order valence-electron chi connectivity index (χ0n) is 13.0. The van der Waals surface area contributed by atoms with Crippen LogP contribution < -0.4 is 5.32 Å². The molecule has 2 aromatic rings. The molecule has 0 unspecified atom stereocenters. The number of nitrogens with one attached hydrogen (secondary N) is 1. The summed E-state index contributed by atoms with van der Waals surface area (Å²) in [5.74, 6) is 1.03. The first kappa shape index (κ1) is 14.4. The average Bonchev–Trinajstić information content (AvgIpc) is 3.05. The van der Waals surface area contributed by atoms with Gasteiger partial charge in [0.2, 0.25) is 0 Å². The smallest absolute Gasteiger partial charge is 0.274 e. The Hall–Kier alpha value is -2.15. The lowest BCUT2D eigenvalue weighted by Gasteiger charge is -2.37. The third-order valence-corrected chi connectivity index (χ3v) is 4.75. The van der Waals surface area contributed by atoms with E-state index in [0.29, 0.717) is 30.2 Å². The molecule has 1 amide bonds. The molecule has 2 N–H and O–H groups in total. The predicted molar refractivity (Wildman–Crippen MR) is 80.6 cm³/mol. The van der Waals surface area contributed by atoms with E-state index in [1.807, 2.05) is 13.2 Å². The number of aliphatic hydroxyl groups excluding tert-OH is 1. The van der Waals surface area contributed by atoms with E-state index < -0.39 is 0 Å².